The van der Waals surface area contributed by atoms with Gasteiger partial charge in [-0.15, -0.1) is 0 Å². The van der Waals surface area contributed by atoms with Crippen molar-refractivity contribution in [3.8, 4) is 0 Å². The minimum Gasteiger partial charge on any atom is -0.388 e. The lowest BCUT2D eigenvalue weighted by Gasteiger charge is -2.10. The second kappa shape index (κ2) is 6.48. The molecule has 0 amide bonds. The molecule has 0 fully saturated rings. The number of carbonyl (C=O) groups excluding carboxylic acids is 1. The smallest absolute Gasteiger partial charge is 0.254 e. The van der Waals surface area contributed by atoms with Gasteiger partial charge in [0.1, 0.15) is 0 Å². The summed E-state index contributed by atoms with van der Waals surface area (Å²) in [6.45, 7) is 0. The van der Waals surface area contributed by atoms with Gasteiger partial charge in [0.25, 0.3) is 5.56 Å². The number of H-pyrrole nitrogens is 1. The van der Waals surface area contributed by atoms with Crippen LogP contribution in [0.1, 0.15) is 28.4 Å². The van der Waals surface area contributed by atoms with Crippen molar-refractivity contribution in [2.24, 2.45) is 0 Å². The fourth-order valence-corrected chi connectivity index (χ4v) is 2.72. The Bertz CT molecular complexity index is 915. The minimum absolute atomic E-state index is 0.136. The number of ketones is 1. The quantitative estimate of drug-likeness (QED) is 0.688. The molecule has 5 heteroatoms. The average Bonchev–Trinajstić information content (AvgIpc) is 2.54. The number of benzene rings is 2. The summed E-state index contributed by atoms with van der Waals surface area (Å²) in [6.07, 6.45) is -1.28. The zero-order chi connectivity index (χ0) is 16.4. The first-order chi connectivity index (χ1) is 11.0. The van der Waals surface area contributed by atoms with Crippen LogP contribution in [0.4, 0.5) is 0 Å². The van der Waals surface area contributed by atoms with Gasteiger partial charge in [0.2, 0.25) is 0 Å². The van der Waals surface area contributed by atoms with E-state index in [1.165, 1.54) is 0 Å². The molecule has 1 aromatic heterocycles. The van der Waals surface area contributed by atoms with E-state index in [0.717, 1.165) is 9.86 Å². The van der Waals surface area contributed by atoms with Gasteiger partial charge in [-0.25, -0.2) is 0 Å². The molecule has 0 saturated heterocycles. The maximum absolute atomic E-state index is 12.2. The number of hydrogen-bond donors (Lipinski definition) is 2. The fourth-order valence-electron chi connectivity index (χ4n) is 2.45. The Morgan fingerprint density at radius 3 is 2.57 bits per heavy atom. The Morgan fingerprint density at radius 2 is 1.83 bits per heavy atom. The van der Waals surface area contributed by atoms with Crippen LogP contribution in [0, 0.1) is 0 Å². The number of carbonyl (C=O) groups is 1. The predicted molar refractivity (Wildman–Crippen MR) is 92.6 cm³/mol. The summed E-state index contributed by atoms with van der Waals surface area (Å²) in [7, 11) is 0. The van der Waals surface area contributed by atoms with Crippen LogP contribution in [0.2, 0.25) is 0 Å². The minimum atomic E-state index is -1.14. The van der Waals surface area contributed by atoms with Gasteiger partial charge < -0.3 is 10.1 Å². The number of para-hydroxylation sites is 1. The number of rotatable bonds is 4. The van der Waals surface area contributed by atoms with Crippen LogP contribution >= 0.6 is 15.9 Å². The number of Topliss-reactive ketones (excluding diaryl/α,β-unsaturated/α-hetero) is 1. The summed E-state index contributed by atoms with van der Waals surface area (Å²) in [6, 6.07) is 15.8. The molecule has 3 aromatic rings. The molecule has 0 aliphatic heterocycles. The van der Waals surface area contributed by atoms with E-state index < -0.39 is 6.10 Å². The first-order valence-electron chi connectivity index (χ1n) is 7.13. The molecular formula is C18H14BrNO3. The summed E-state index contributed by atoms with van der Waals surface area (Å²) in [5.41, 5.74) is 1.03. The van der Waals surface area contributed by atoms with Crippen LogP contribution in [0.15, 0.2) is 63.9 Å². The molecule has 1 heterocycles. The average molecular weight is 372 g/mol. The monoisotopic (exact) mass is 371 g/mol. The van der Waals surface area contributed by atoms with Crippen molar-refractivity contribution in [1.29, 1.82) is 0 Å². The lowest BCUT2D eigenvalue weighted by Crippen LogP contribution is -2.18. The molecule has 2 aromatic carbocycles. The largest absolute Gasteiger partial charge is 0.388 e. The standard InChI is InChI=1S/C18H14BrNO3/c19-13-7-5-11(6-8-13)16(21)10-17(22)14-9-12-3-1-2-4-15(12)20-18(14)23/h1-9,17,22H,10H2,(H,20,23). The predicted octanol–water partition coefficient (Wildman–Crippen LogP) is 3.60. The third-order valence-corrected chi connectivity index (χ3v) is 4.21. The van der Waals surface area contributed by atoms with Crippen molar-refractivity contribution in [2.75, 3.05) is 0 Å². The third-order valence-electron chi connectivity index (χ3n) is 3.69. The van der Waals surface area contributed by atoms with Crippen LogP contribution in [0.25, 0.3) is 10.9 Å². The molecule has 0 saturated carbocycles. The topological polar surface area (TPSA) is 70.2 Å². The first-order valence-corrected chi connectivity index (χ1v) is 7.92. The molecule has 4 nitrogen and oxygen atoms in total. The van der Waals surface area contributed by atoms with Gasteiger partial charge >= 0.3 is 0 Å². The van der Waals surface area contributed by atoms with E-state index in [4.69, 9.17) is 0 Å². The van der Waals surface area contributed by atoms with Crippen molar-refractivity contribution >= 4 is 32.6 Å². The normalized spacial score (nSPS) is 12.3. The van der Waals surface area contributed by atoms with E-state index in [1.54, 1.807) is 36.4 Å². The number of pyridine rings is 1. The number of nitrogens with one attached hydrogen (secondary N) is 1. The molecule has 0 aliphatic carbocycles. The molecule has 1 atom stereocenters. The molecule has 23 heavy (non-hydrogen) atoms. The maximum Gasteiger partial charge on any atom is 0.254 e. The highest BCUT2D eigenvalue weighted by molar-refractivity contribution is 9.10. The number of aromatic nitrogens is 1. The van der Waals surface area contributed by atoms with E-state index >= 15 is 0 Å². The highest BCUT2D eigenvalue weighted by atomic mass is 79.9. The summed E-state index contributed by atoms with van der Waals surface area (Å²) < 4.78 is 0.876. The fraction of sp³-hybridized carbons (Fsp3) is 0.111. The maximum atomic E-state index is 12.2. The van der Waals surface area contributed by atoms with Crippen molar-refractivity contribution in [2.45, 2.75) is 12.5 Å². The number of aromatic amines is 1. The lowest BCUT2D eigenvalue weighted by atomic mass is 10.00. The number of fused-ring (bicyclic) bond motifs is 1. The van der Waals surface area contributed by atoms with Crippen LogP contribution in [-0.4, -0.2) is 15.9 Å². The SMILES string of the molecule is O=C(CC(O)c1cc2ccccc2[nH]c1=O)c1ccc(Br)cc1. The van der Waals surface area contributed by atoms with Gasteiger partial charge in [-0.05, 0) is 29.7 Å². The molecule has 2 N–H and O–H groups in total. The van der Waals surface area contributed by atoms with E-state index in [2.05, 4.69) is 20.9 Å². The number of aliphatic hydroxyl groups is 1. The second-order valence-electron chi connectivity index (χ2n) is 5.29. The molecule has 0 spiro atoms. The summed E-state index contributed by atoms with van der Waals surface area (Å²) in [5, 5.41) is 11.1. The van der Waals surface area contributed by atoms with Crippen molar-refractivity contribution in [1.82, 2.24) is 4.98 Å². The van der Waals surface area contributed by atoms with E-state index in [-0.39, 0.29) is 23.3 Å². The Balaban J connectivity index is 1.86. The zero-order valence-corrected chi connectivity index (χ0v) is 13.7. The van der Waals surface area contributed by atoms with Gasteiger partial charge in [-0.2, -0.15) is 0 Å². The van der Waals surface area contributed by atoms with Crippen molar-refractivity contribution in [3.05, 3.63) is 80.6 Å². The van der Waals surface area contributed by atoms with E-state index in [0.29, 0.717) is 11.1 Å². The second-order valence-corrected chi connectivity index (χ2v) is 6.21. The van der Waals surface area contributed by atoms with Gasteiger partial charge in [0.05, 0.1) is 6.10 Å². The first kappa shape index (κ1) is 15.6. The van der Waals surface area contributed by atoms with E-state index in [9.17, 15) is 14.7 Å². The summed E-state index contributed by atoms with van der Waals surface area (Å²) >= 11 is 3.31. The molecule has 1 unspecified atom stereocenters. The van der Waals surface area contributed by atoms with Gasteiger partial charge in [-0.1, -0.05) is 46.3 Å². The van der Waals surface area contributed by atoms with E-state index in [1.807, 2.05) is 18.2 Å². The molecule has 116 valence electrons. The molecule has 0 radical (unpaired) electrons. The van der Waals surface area contributed by atoms with Crippen LogP contribution < -0.4 is 5.56 Å². The Morgan fingerprint density at radius 1 is 1.13 bits per heavy atom. The highest BCUT2D eigenvalue weighted by Crippen LogP contribution is 2.20. The Kier molecular flexibility index (Phi) is 4.41. The number of halogens is 1. The van der Waals surface area contributed by atoms with Crippen LogP contribution in [0.5, 0.6) is 0 Å². The number of aliphatic hydroxyl groups excluding tert-OH is 1. The zero-order valence-electron chi connectivity index (χ0n) is 12.1. The molecule has 0 bridgehead atoms. The third kappa shape index (κ3) is 3.41. The molecular weight excluding hydrogens is 358 g/mol. The molecule has 0 aliphatic rings. The number of hydrogen-bond acceptors (Lipinski definition) is 3. The lowest BCUT2D eigenvalue weighted by molar-refractivity contribution is 0.0878. The van der Waals surface area contributed by atoms with Gasteiger partial charge in [0.15, 0.2) is 5.78 Å². The summed E-state index contributed by atoms with van der Waals surface area (Å²) in [4.78, 5) is 27.1. The Hall–Kier alpha value is -2.24. The van der Waals surface area contributed by atoms with Crippen molar-refractivity contribution in [3.63, 3.8) is 0 Å². The van der Waals surface area contributed by atoms with Gasteiger partial charge in [0, 0.05) is 27.5 Å². The summed E-state index contributed by atoms with van der Waals surface area (Å²) in [5.74, 6) is -0.211. The van der Waals surface area contributed by atoms with Crippen LogP contribution in [0.3, 0.4) is 0 Å². The van der Waals surface area contributed by atoms with Gasteiger partial charge in [-0.3, -0.25) is 9.59 Å². The van der Waals surface area contributed by atoms with Crippen LogP contribution in [-0.2, 0) is 0 Å². The molecule has 3 rings (SSSR count). The van der Waals surface area contributed by atoms with Crippen molar-refractivity contribution < 1.29 is 9.90 Å². The Labute approximate surface area is 140 Å². The highest BCUT2D eigenvalue weighted by Gasteiger charge is 2.18.